The molecular formula is C11H21N3O2. The molecule has 1 aliphatic carbocycles. The van der Waals surface area contributed by atoms with Gasteiger partial charge in [-0.15, -0.1) is 0 Å². The van der Waals surface area contributed by atoms with E-state index in [-0.39, 0.29) is 11.7 Å². The van der Waals surface area contributed by atoms with Crippen molar-refractivity contribution >= 4 is 11.7 Å². The first-order valence-electron chi connectivity index (χ1n) is 5.80. The average Bonchev–Trinajstić information content (AvgIpc) is 2.99. The van der Waals surface area contributed by atoms with Gasteiger partial charge < -0.3 is 16.8 Å². The van der Waals surface area contributed by atoms with Gasteiger partial charge in [-0.2, -0.15) is 0 Å². The molecule has 92 valence electrons. The van der Waals surface area contributed by atoms with E-state index in [9.17, 15) is 9.59 Å². The van der Waals surface area contributed by atoms with E-state index in [1.54, 1.807) is 0 Å². The van der Waals surface area contributed by atoms with E-state index in [0.29, 0.717) is 13.0 Å². The molecule has 0 aromatic rings. The molecule has 16 heavy (non-hydrogen) atoms. The Morgan fingerprint density at radius 2 is 2.00 bits per heavy atom. The Morgan fingerprint density at radius 1 is 1.38 bits per heavy atom. The molecular weight excluding hydrogens is 206 g/mol. The largest absolute Gasteiger partial charge is 0.342 e. The van der Waals surface area contributed by atoms with Crippen molar-refractivity contribution in [1.82, 2.24) is 5.32 Å². The summed E-state index contributed by atoms with van der Waals surface area (Å²) in [7, 11) is 0. The number of ketones is 1. The Morgan fingerprint density at radius 3 is 2.44 bits per heavy atom. The SMILES string of the molecule is CC(=O)C1(NC(=O)[C@@H](N)CCCCN)CC1. The number of amides is 1. The van der Waals surface area contributed by atoms with Crippen molar-refractivity contribution in [3.63, 3.8) is 0 Å². The third kappa shape index (κ3) is 3.28. The van der Waals surface area contributed by atoms with Crippen molar-refractivity contribution < 1.29 is 9.59 Å². The fraction of sp³-hybridized carbons (Fsp3) is 0.818. The van der Waals surface area contributed by atoms with Crippen molar-refractivity contribution in [2.45, 2.75) is 50.6 Å². The lowest BCUT2D eigenvalue weighted by Gasteiger charge is -2.17. The lowest BCUT2D eigenvalue weighted by atomic mass is 10.1. The molecule has 1 atom stereocenters. The third-order valence-corrected chi connectivity index (χ3v) is 3.09. The van der Waals surface area contributed by atoms with Gasteiger partial charge in [0.25, 0.3) is 0 Å². The number of rotatable bonds is 7. The van der Waals surface area contributed by atoms with Crippen LogP contribution < -0.4 is 16.8 Å². The standard InChI is InChI=1S/C11H21N3O2/c1-8(15)11(5-6-11)14-10(16)9(13)4-2-3-7-12/h9H,2-7,12-13H2,1H3,(H,14,16)/t9-/m0/s1. The smallest absolute Gasteiger partial charge is 0.237 e. The molecule has 0 saturated heterocycles. The summed E-state index contributed by atoms with van der Waals surface area (Å²) in [4.78, 5) is 23.0. The maximum absolute atomic E-state index is 11.7. The van der Waals surface area contributed by atoms with Gasteiger partial charge in [-0.1, -0.05) is 6.42 Å². The van der Waals surface area contributed by atoms with Crippen molar-refractivity contribution in [2.75, 3.05) is 6.54 Å². The van der Waals surface area contributed by atoms with Crippen LogP contribution in [0.4, 0.5) is 0 Å². The average molecular weight is 227 g/mol. The molecule has 5 nitrogen and oxygen atoms in total. The molecule has 0 heterocycles. The number of Topliss-reactive ketones (excluding diaryl/α,β-unsaturated/α-hetero) is 1. The minimum atomic E-state index is -0.595. The Kier molecular flexibility index (Phi) is 4.44. The molecule has 1 amide bonds. The first-order valence-corrected chi connectivity index (χ1v) is 5.80. The molecule has 5 heteroatoms. The summed E-state index contributed by atoms with van der Waals surface area (Å²) in [5.41, 5.74) is 10.5. The minimum Gasteiger partial charge on any atom is -0.342 e. The second-order valence-corrected chi connectivity index (χ2v) is 4.52. The lowest BCUT2D eigenvalue weighted by Crippen LogP contribution is -2.49. The maximum atomic E-state index is 11.7. The van der Waals surface area contributed by atoms with Crippen molar-refractivity contribution in [1.29, 1.82) is 0 Å². The van der Waals surface area contributed by atoms with Crippen LogP contribution in [0.25, 0.3) is 0 Å². The number of nitrogens with one attached hydrogen (secondary N) is 1. The Balaban J connectivity index is 2.32. The van der Waals surface area contributed by atoms with Crippen LogP contribution >= 0.6 is 0 Å². The first-order chi connectivity index (χ1) is 7.52. The Hall–Kier alpha value is -0.940. The summed E-state index contributed by atoms with van der Waals surface area (Å²) in [6, 6.07) is -0.525. The summed E-state index contributed by atoms with van der Waals surface area (Å²) in [6.07, 6.45) is 3.82. The topological polar surface area (TPSA) is 98.2 Å². The fourth-order valence-electron chi connectivity index (χ4n) is 1.66. The van der Waals surface area contributed by atoms with Crippen LogP contribution in [-0.4, -0.2) is 29.8 Å². The predicted molar refractivity (Wildman–Crippen MR) is 61.7 cm³/mol. The zero-order valence-corrected chi connectivity index (χ0v) is 9.79. The summed E-state index contributed by atoms with van der Waals surface area (Å²) in [6.45, 7) is 2.12. The highest BCUT2D eigenvalue weighted by Gasteiger charge is 2.48. The van der Waals surface area contributed by atoms with Crippen LogP contribution in [0.3, 0.4) is 0 Å². The molecule has 0 aromatic heterocycles. The summed E-state index contributed by atoms with van der Waals surface area (Å²) in [5, 5.41) is 2.75. The van der Waals surface area contributed by atoms with Crippen molar-refractivity contribution in [3.05, 3.63) is 0 Å². The van der Waals surface area contributed by atoms with E-state index < -0.39 is 11.6 Å². The molecule has 0 aliphatic heterocycles. The number of unbranched alkanes of at least 4 members (excludes halogenated alkanes) is 1. The molecule has 0 bridgehead atoms. The van der Waals surface area contributed by atoms with Gasteiger partial charge >= 0.3 is 0 Å². The highest BCUT2D eigenvalue weighted by Crippen LogP contribution is 2.36. The van der Waals surface area contributed by atoms with Crippen LogP contribution in [0.1, 0.15) is 39.0 Å². The second kappa shape index (κ2) is 5.41. The molecule has 1 saturated carbocycles. The zero-order chi connectivity index (χ0) is 12.2. The third-order valence-electron chi connectivity index (χ3n) is 3.09. The van der Waals surface area contributed by atoms with Crippen LogP contribution in [0.15, 0.2) is 0 Å². The number of nitrogens with two attached hydrogens (primary N) is 2. The zero-order valence-electron chi connectivity index (χ0n) is 9.79. The van der Waals surface area contributed by atoms with Crippen LogP contribution in [0, 0.1) is 0 Å². The molecule has 0 unspecified atom stereocenters. The highest BCUT2D eigenvalue weighted by atomic mass is 16.2. The number of carbonyl (C=O) groups is 2. The highest BCUT2D eigenvalue weighted by molar-refractivity contribution is 5.95. The molecule has 1 aliphatic rings. The summed E-state index contributed by atoms with van der Waals surface area (Å²) < 4.78 is 0. The summed E-state index contributed by atoms with van der Waals surface area (Å²) >= 11 is 0. The van der Waals surface area contributed by atoms with Gasteiger partial charge in [0.15, 0.2) is 5.78 Å². The van der Waals surface area contributed by atoms with E-state index in [1.807, 2.05) is 0 Å². The summed E-state index contributed by atoms with van der Waals surface area (Å²) in [5.74, 6) is -0.195. The first kappa shape index (κ1) is 13.1. The van der Waals surface area contributed by atoms with Crippen LogP contribution in [0.5, 0.6) is 0 Å². The van der Waals surface area contributed by atoms with Crippen molar-refractivity contribution in [3.8, 4) is 0 Å². The van der Waals surface area contributed by atoms with Crippen LogP contribution in [0.2, 0.25) is 0 Å². The van der Waals surface area contributed by atoms with Gasteiger partial charge in [0.1, 0.15) is 0 Å². The van der Waals surface area contributed by atoms with Crippen LogP contribution in [-0.2, 0) is 9.59 Å². The second-order valence-electron chi connectivity index (χ2n) is 4.52. The molecule has 0 radical (unpaired) electrons. The number of hydrogen-bond donors (Lipinski definition) is 3. The van der Waals surface area contributed by atoms with Gasteiger partial charge in [-0.05, 0) is 39.2 Å². The van der Waals surface area contributed by atoms with E-state index >= 15 is 0 Å². The van der Waals surface area contributed by atoms with E-state index in [1.165, 1.54) is 6.92 Å². The van der Waals surface area contributed by atoms with E-state index in [0.717, 1.165) is 25.7 Å². The fourth-order valence-corrected chi connectivity index (χ4v) is 1.66. The van der Waals surface area contributed by atoms with E-state index in [4.69, 9.17) is 11.5 Å². The molecule has 1 fully saturated rings. The predicted octanol–water partition coefficient (Wildman–Crippen LogP) is -0.319. The van der Waals surface area contributed by atoms with Gasteiger partial charge in [-0.25, -0.2) is 0 Å². The van der Waals surface area contributed by atoms with E-state index in [2.05, 4.69) is 5.32 Å². The number of hydrogen-bond acceptors (Lipinski definition) is 4. The molecule has 0 aromatic carbocycles. The Labute approximate surface area is 95.9 Å². The maximum Gasteiger partial charge on any atom is 0.237 e. The van der Waals surface area contributed by atoms with Gasteiger partial charge in [-0.3, -0.25) is 9.59 Å². The molecule has 0 spiro atoms. The normalized spacial score (nSPS) is 18.9. The monoisotopic (exact) mass is 227 g/mol. The number of carbonyl (C=O) groups excluding carboxylic acids is 2. The van der Waals surface area contributed by atoms with Gasteiger partial charge in [0, 0.05) is 0 Å². The quantitative estimate of drug-likeness (QED) is 0.519. The van der Waals surface area contributed by atoms with Crippen molar-refractivity contribution in [2.24, 2.45) is 11.5 Å². The molecule has 1 rings (SSSR count). The lowest BCUT2D eigenvalue weighted by molar-refractivity contribution is -0.128. The minimum absolute atomic E-state index is 0.0232. The van der Waals surface area contributed by atoms with Gasteiger partial charge in [0.2, 0.25) is 5.91 Å². The molecule has 5 N–H and O–H groups in total. The Bertz CT molecular complexity index is 274. The van der Waals surface area contributed by atoms with Gasteiger partial charge in [0.05, 0.1) is 11.6 Å².